The number of amides is 1. The van der Waals surface area contributed by atoms with Gasteiger partial charge in [0, 0.05) is 37.6 Å². The van der Waals surface area contributed by atoms with Gasteiger partial charge in [-0.1, -0.05) is 18.2 Å². The van der Waals surface area contributed by atoms with Crippen molar-refractivity contribution in [3.8, 4) is 5.75 Å². The van der Waals surface area contributed by atoms with Crippen molar-refractivity contribution < 1.29 is 22.7 Å². The normalized spacial score (nSPS) is 18.2. The highest BCUT2D eigenvalue weighted by Crippen LogP contribution is 2.28. The molecule has 1 saturated carbocycles. The molecule has 186 valence electrons. The van der Waals surface area contributed by atoms with Crippen LogP contribution in [0, 0.1) is 5.92 Å². The van der Waals surface area contributed by atoms with Crippen LogP contribution in [0.2, 0.25) is 0 Å². The molecule has 0 bridgehead atoms. The Bertz CT molecular complexity index is 1180. The molecule has 1 aromatic heterocycles. The highest BCUT2D eigenvalue weighted by atomic mass is 19.4. The first kappa shape index (κ1) is 24.6. The fraction of sp³-hybridized carbons (Fsp3) is 0.400. The van der Waals surface area contributed by atoms with Gasteiger partial charge in [0.15, 0.2) is 0 Å². The lowest BCUT2D eigenvalue weighted by atomic mass is 9.86. The fourth-order valence-corrected chi connectivity index (χ4v) is 4.33. The van der Waals surface area contributed by atoms with E-state index in [4.69, 9.17) is 4.98 Å². The molecule has 1 heterocycles. The van der Waals surface area contributed by atoms with Gasteiger partial charge in [-0.25, -0.2) is 4.98 Å². The third kappa shape index (κ3) is 6.52. The molecule has 2 N–H and O–H groups in total. The number of rotatable bonds is 7. The fourth-order valence-electron chi connectivity index (χ4n) is 4.33. The van der Waals surface area contributed by atoms with Crippen LogP contribution in [0.15, 0.2) is 48.5 Å². The molecule has 1 fully saturated rings. The van der Waals surface area contributed by atoms with E-state index in [0.717, 1.165) is 48.5 Å². The van der Waals surface area contributed by atoms with E-state index in [-0.39, 0.29) is 11.6 Å². The number of carbonyl (C=O) groups is 1. The van der Waals surface area contributed by atoms with E-state index in [2.05, 4.69) is 20.4 Å². The standard InChI is InChI=1S/C25H28F3N5O2/c1-33(2)22-20-8-3-4-9-21(20)31-24(32-22)30-18-12-10-16(11-13-18)15-29-23(34)17-6-5-7-19(14-17)35-25(26,27)28/h3-9,14,16,18H,10-13,15H2,1-2H3,(H,29,34)(H,30,31,32)/t16-,18+. The van der Waals surface area contributed by atoms with Crippen LogP contribution < -0.4 is 20.3 Å². The maximum atomic E-state index is 12.4. The Hall–Kier alpha value is -3.56. The third-order valence-electron chi connectivity index (χ3n) is 6.07. The molecule has 1 aliphatic rings. The number of nitrogens with zero attached hydrogens (tertiary/aromatic N) is 3. The Balaban J connectivity index is 1.29. The summed E-state index contributed by atoms with van der Waals surface area (Å²) in [6.07, 6.45) is -1.17. The molecule has 4 rings (SSSR count). The van der Waals surface area contributed by atoms with Crippen molar-refractivity contribution in [3.63, 3.8) is 0 Å². The highest BCUT2D eigenvalue weighted by molar-refractivity contribution is 5.94. The van der Waals surface area contributed by atoms with Gasteiger partial charge in [0.25, 0.3) is 5.91 Å². The summed E-state index contributed by atoms with van der Waals surface area (Å²) in [6, 6.07) is 13.2. The van der Waals surface area contributed by atoms with Crippen LogP contribution in [0.3, 0.4) is 0 Å². The van der Waals surface area contributed by atoms with E-state index >= 15 is 0 Å². The minimum atomic E-state index is -4.80. The van der Waals surface area contributed by atoms with Crippen LogP contribution in [-0.4, -0.2) is 48.9 Å². The number of alkyl halides is 3. The Morgan fingerprint density at radius 1 is 1.06 bits per heavy atom. The van der Waals surface area contributed by atoms with Crippen LogP contribution in [0.5, 0.6) is 5.75 Å². The zero-order chi connectivity index (χ0) is 25.0. The lowest BCUT2D eigenvalue weighted by molar-refractivity contribution is -0.274. The predicted octanol–water partition coefficient (Wildman–Crippen LogP) is 5.00. The Kier molecular flexibility index (Phi) is 7.28. The third-order valence-corrected chi connectivity index (χ3v) is 6.07. The van der Waals surface area contributed by atoms with Crippen molar-refractivity contribution in [2.24, 2.45) is 5.92 Å². The molecule has 35 heavy (non-hydrogen) atoms. The summed E-state index contributed by atoms with van der Waals surface area (Å²) in [4.78, 5) is 23.8. The molecule has 0 spiro atoms. The van der Waals surface area contributed by atoms with Crippen LogP contribution in [0.25, 0.3) is 10.9 Å². The molecule has 0 radical (unpaired) electrons. The molecule has 0 atom stereocenters. The number of halogens is 3. The van der Waals surface area contributed by atoms with E-state index in [1.54, 1.807) is 0 Å². The zero-order valence-electron chi connectivity index (χ0n) is 19.6. The number of para-hydroxylation sites is 1. The van der Waals surface area contributed by atoms with Gasteiger partial charge in [-0.05, 0) is 61.9 Å². The molecule has 0 saturated heterocycles. The molecule has 7 nitrogen and oxygen atoms in total. The summed E-state index contributed by atoms with van der Waals surface area (Å²) in [5.74, 6) is 0.925. The van der Waals surface area contributed by atoms with Crippen molar-refractivity contribution in [3.05, 3.63) is 54.1 Å². The molecule has 1 aliphatic carbocycles. The van der Waals surface area contributed by atoms with Gasteiger partial charge in [-0.3, -0.25) is 4.79 Å². The number of aromatic nitrogens is 2. The second kappa shape index (κ2) is 10.4. The molecule has 0 aliphatic heterocycles. The van der Waals surface area contributed by atoms with E-state index in [0.29, 0.717) is 18.4 Å². The smallest absolute Gasteiger partial charge is 0.406 e. The molecule has 3 aromatic rings. The minimum absolute atomic E-state index is 0.132. The number of nitrogens with one attached hydrogen (secondary N) is 2. The zero-order valence-corrected chi connectivity index (χ0v) is 19.6. The van der Waals surface area contributed by atoms with E-state index in [1.807, 2.05) is 43.3 Å². The number of anilines is 2. The lowest BCUT2D eigenvalue weighted by Gasteiger charge is -2.29. The highest BCUT2D eigenvalue weighted by Gasteiger charge is 2.31. The maximum absolute atomic E-state index is 12.4. The van der Waals surface area contributed by atoms with Crippen molar-refractivity contribution in [2.75, 3.05) is 30.9 Å². The van der Waals surface area contributed by atoms with Crippen LogP contribution in [-0.2, 0) is 0 Å². The van der Waals surface area contributed by atoms with Crippen LogP contribution in [0.4, 0.5) is 24.9 Å². The minimum Gasteiger partial charge on any atom is -0.406 e. The number of fused-ring (bicyclic) bond motifs is 1. The summed E-state index contributed by atoms with van der Waals surface area (Å²) in [7, 11) is 3.91. The summed E-state index contributed by atoms with van der Waals surface area (Å²) in [5, 5.41) is 7.30. The van der Waals surface area contributed by atoms with E-state index < -0.39 is 18.0 Å². The predicted molar refractivity (Wildman–Crippen MR) is 129 cm³/mol. The molecule has 1 amide bonds. The summed E-state index contributed by atoms with van der Waals surface area (Å²) in [5.41, 5.74) is 1.02. The van der Waals surface area contributed by atoms with Gasteiger partial charge in [0.05, 0.1) is 5.52 Å². The van der Waals surface area contributed by atoms with E-state index in [9.17, 15) is 18.0 Å². The van der Waals surface area contributed by atoms with Crippen LogP contribution in [0.1, 0.15) is 36.0 Å². The Morgan fingerprint density at radius 3 is 2.51 bits per heavy atom. The second-order valence-corrected chi connectivity index (χ2v) is 8.93. The summed E-state index contributed by atoms with van der Waals surface area (Å²) >= 11 is 0. The molecule has 10 heteroatoms. The molecule has 2 aromatic carbocycles. The lowest BCUT2D eigenvalue weighted by Crippen LogP contribution is -2.34. The van der Waals surface area contributed by atoms with Crippen LogP contribution >= 0.6 is 0 Å². The van der Waals surface area contributed by atoms with Gasteiger partial charge in [0.2, 0.25) is 5.95 Å². The largest absolute Gasteiger partial charge is 0.573 e. The first-order chi connectivity index (χ1) is 16.7. The number of hydrogen-bond acceptors (Lipinski definition) is 6. The first-order valence-corrected chi connectivity index (χ1v) is 11.5. The molecule has 0 unspecified atom stereocenters. The van der Waals surface area contributed by atoms with Crippen molar-refractivity contribution in [2.45, 2.75) is 38.1 Å². The van der Waals surface area contributed by atoms with Crippen molar-refractivity contribution >= 4 is 28.6 Å². The molecular weight excluding hydrogens is 459 g/mol. The number of carbonyl (C=O) groups excluding carboxylic acids is 1. The Morgan fingerprint density at radius 2 is 1.80 bits per heavy atom. The number of benzene rings is 2. The van der Waals surface area contributed by atoms with Gasteiger partial charge >= 0.3 is 6.36 Å². The SMILES string of the molecule is CN(C)c1nc(N[C@H]2CC[C@@H](CNC(=O)c3cccc(OC(F)(F)F)c3)CC2)nc2ccccc12. The second-order valence-electron chi connectivity index (χ2n) is 8.93. The average Bonchev–Trinajstić information content (AvgIpc) is 2.82. The van der Waals surface area contributed by atoms with Gasteiger partial charge < -0.3 is 20.3 Å². The van der Waals surface area contributed by atoms with Gasteiger partial charge in [-0.15, -0.1) is 13.2 Å². The number of ether oxygens (including phenoxy) is 1. The van der Waals surface area contributed by atoms with Crippen molar-refractivity contribution in [1.29, 1.82) is 0 Å². The van der Waals surface area contributed by atoms with Crippen molar-refractivity contribution in [1.82, 2.24) is 15.3 Å². The van der Waals surface area contributed by atoms with Gasteiger partial charge in [-0.2, -0.15) is 4.98 Å². The van der Waals surface area contributed by atoms with Gasteiger partial charge in [0.1, 0.15) is 11.6 Å². The average molecular weight is 488 g/mol. The summed E-state index contributed by atoms with van der Waals surface area (Å²) in [6.45, 7) is 0.465. The van der Waals surface area contributed by atoms with E-state index in [1.165, 1.54) is 18.2 Å². The monoisotopic (exact) mass is 487 g/mol. The summed E-state index contributed by atoms with van der Waals surface area (Å²) < 4.78 is 41.2. The maximum Gasteiger partial charge on any atom is 0.573 e. The quantitative estimate of drug-likeness (QED) is 0.489. The number of hydrogen-bond donors (Lipinski definition) is 2. The topological polar surface area (TPSA) is 79.4 Å². The Labute approximate surface area is 201 Å². The first-order valence-electron chi connectivity index (χ1n) is 11.5. The molecular formula is C25H28F3N5O2.